The summed E-state index contributed by atoms with van der Waals surface area (Å²) >= 11 is 0. The lowest BCUT2D eigenvalue weighted by molar-refractivity contribution is 0.174. The van der Waals surface area contributed by atoms with Crippen LogP contribution in [-0.2, 0) is 6.54 Å². The molecule has 2 rings (SSSR count). The number of nitrogens with one attached hydrogen (secondary N) is 2. The minimum absolute atomic E-state index is 0.309. The van der Waals surface area contributed by atoms with Gasteiger partial charge in [-0.3, -0.25) is 4.99 Å². The summed E-state index contributed by atoms with van der Waals surface area (Å²) in [6.45, 7) is 6.25. The molecule has 0 saturated heterocycles. The second kappa shape index (κ2) is 6.31. The first-order chi connectivity index (χ1) is 9.19. The Labute approximate surface area is 114 Å². The average molecular weight is 263 g/mol. The Morgan fingerprint density at radius 1 is 1.26 bits per heavy atom. The van der Waals surface area contributed by atoms with E-state index in [9.17, 15) is 0 Å². The van der Waals surface area contributed by atoms with Gasteiger partial charge in [0.15, 0.2) is 17.5 Å². The molecular formula is C14H21N3O2. The van der Waals surface area contributed by atoms with Crippen LogP contribution in [0.25, 0.3) is 0 Å². The molecule has 0 atom stereocenters. The second-order valence-electron chi connectivity index (χ2n) is 4.89. The Morgan fingerprint density at radius 2 is 2.05 bits per heavy atom. The largest absolute Gasteiger partial charge is 0.454 e. The molecule has 1 aromatic rings. The maximum absolute atomic E-state index is 5.36. The maximum Gasteiger partial charge on any atom is 0.231 e. The van der Waals surface area contributed by atoms with Crippen molar-refractivity contribution in [3.05, 3.63) is 23.8 Å². The molecule has 0 spiro atoms. The van der Waals surface area contributed by atoms with Crippen molar-refractivity contribution in [3.63, 3.8) is 0 Å². The van der Waals surface area contributed by atoms with E-state index in [1.54, 1.807) is 7.05 Å². The van der Waals surface area contributed by atoms with Crippen LogP contribution in [0.3, 0.4) is 0 Å². The number of benzene rings is 1. The summed E-state index contributed by atoms with van der Waals surface area (Å²) in [6, 6.07) is 5.95. The van der Waals surface area contributed by atoms with Gasteiger partial charge in [-0.1, -0.05) is 19.9 Å². The van der Waals surface area contributed by atoms with Crippen LogP contribution in [0.1, 0.15) is 19.4 Å². The number of rotatable bonds is 4. The van der Waals surface area contributed by atoms with Crippen LogP contribution >= 0.6 is 0 Å². The van der Waals surface area contributed by atoms with E-state index < -0.39 is 0 Å². The number of guanidine groups is 1. The number of hydrogen-bond acceptors (Lipinski definition) is 3. The summed E-state index contributed by atoms with van der Waals surface area (Å²) in [5.41, 5.74) is 1.14. The number of nitrogens with zero attached hydrogens (tertiary/aromatic N) is 1. The van der Waals surface area contributed by atoms with E-state index in [2.05, 4.69) is 29.5 Å². The first-order valence-electron chi connectivity index (χ1n) is 6.52. The van der Waals surface area contributed by atoms with Crippen LogP contribution in [0.2, 0.25) is 0 Å². The summed E-state index contributed by atoms with van der Waals surface area (Å²) in [5, 5.41) is 6.55. The van der Waals surface area contributed by atoms with Crippen molar-refractivity contribution in [2.75, 3.05) is 20.4 Å². The normalized spacial score (nSPS) is 13.8. The van der Waals surface area contributed by atoms with Crippen LogP contribution in [0, 0.1) is 5.92 Å². The predicted molar refractivity (Wildman–Crippen MR) is 75.6 cm³/mol. The van der Waals surface area contributed by atoms with Crippen molar-refractivity contribution in [2.24, 2.45) is 10.9 Å². The van der Waals surface area contributed by atoms with Gasteiger partial charge in [-0.05, 0) is 23.6 Å². The average Bonchev–Trinajstić information content (AvgIpc) is 2.86. The molecule has 1 aromatic carbocycles. The van der Waals surface area contributed by atoms with Crippen molar-refractivity contribution in [2.45, 2.75) is 20.4 Å². The summed E-state index contributed by atoms with van der Waals surface area (Å²) in [6.07, 6.45) is 0. The van der Waals surface area contributed by atoms with Gasteiger partial charge in [0, 0.05) is 20.1 Å². The summed E-state index contributed by atoms with van der Waals surface area (Å²) in [4.78, 5) is 4.19. The van der Waals surface area contributed by atoms with Gasteiger partial charge in [-0.25, -0.2) is 0 Å². The van der Waals surface area contributed by atoms with Crippen LogP contribution < -0.4 is 20.1 Å². The number of fused-ring (bicyclic) bond motifs is 1. The Morgan fingerprint density at radius 3 is 2.79 bits per heavy atom. The van der Waals surface area contributed by atoms with Crippen LogP contribution in [-0.4, -0.2) is 26.3 Å². The molecule has 0 amide bonds. The maximum atomic E-state index is 5.36. The molecule has 0 unspecified atom stereocenters. The molecule has 0 aromatic heterocycles. The number of hydrogen-bond donors (Lipinski definition) is 2. The quantitative estimate of drug-likeness (QED) is 0.642. The smallest absolute Gasteiger partial charge is 0.231 e. The van der Waals surface area contributed by atoms with Gasteiger partial charge in [-0.15, -0.1) is 0 Å². The van der Waals surface area contributed by atoms with Gasteiger partial charge in [0.25, 0.3) is 0 Å². The monoisotopic (exact) mass is 263 g/mol. The molecule has 0 fully saturated rings. The van der Waals surface area contributed by atoms with Gasteiger partial charge >= 0.3 is 0 Å². The van der Waals surface area contributed by atoms with Crippen molar-refractivity contribution >= 4 is 5.96 Å². The fourth-order valence-corrected chi connectivity index (χ4v) is 1.76. The minimum Gasteiger partial charge on any atom is -0.454 e. The van der Waals surface area contributed by atoms with E-state index in [1.165, 1.54) is 0 Å². The molecule has 0 saturated carbocycles. The van der Waals surface area contributed by atoms with Gasteiger partial charge in [0.1, 0.15) is 0 Å². The lowest BCUT2D eigenvalue weighted by Gasteiger charge is -2.13. The Kier molecular flexibility index (Phi) is 4.49. The van der Waals surface area contributed by atoms with Gasteiger partial charge in [-0.2, -0.15) is 0 Å². The van der Waals surface area contributed by atoms with Crippen molar-refractivity contribution in [1.82, 2.24) is 10.6 Å². The standard InChI is InChI=1S/C14H21N3O2/c1-10(2)7-16-14(15-3)17-8-11-4-5-12-13(6-11)19-9-18-12/h4-6,10H,7-9H2,1-3H3,(H2,15,16,17). The topological polar surface area (TPSA) is 54.9 Å². The Balaban J connectivity index is 1.87. The first-order valence-corrected chi connectivity index (χ1v) is 6.52. The van der Waals surface area contributed by atoms with Crippen molar-refractivity contribution in [1.29, 1.82) is 0 Å². The molecule has 1 heterocycles. The summed E-state index contributed by atoms with van der Waals surface area (Å²) in [5.74, 6) is 3.02. The molecule has 0 bridgehead atoms. The van der Waals surface area contributed by atoms with E-state index in [0.29, 0.717) is 19.3 Å². The zero-order valence-electron chi connectivity index (χ0n) is 11.7. The van der Waals surface area contributed by atoms with E-state index in [4.69, 9.17) is 9.47 Å². The summed E-state index contributed by atoms with van der Waals surface area (Å²) in [7, 11) is 1.77. The predicted octanol–water partition coefficient (Wildman–Crippen LogP) is 1.74. The third kappa shape index (κ3) is 3.77. The Hall–Kier alpha value is -1.91. The molecule has 5 heteroatoms. The highest BCUT2D eigenvalue weighted by Crippen LogP contribution is 2.32. The lowest BCUT2D eigenvalue weighted by atomic mass is 10.2. The van der Waals surface area contributed by atoms with Crippen LogP contribution in [0.4, 0.5) is 0 Å². The zero-order chi connectivity index (χ0) is 13.7. The molecule has 1 aliphatic rings. The van der Waals surface area contributed by atoms with Crippen molar-refractivity contribution in [3.8, 4) is 11.5 Å². The molecule has 0 radical (unpaired) electrons. The molecule has 0 aliphatic carbocycles. The SMILES string of the molecule is CN=C(NCc1ccc2c(c1)OCO2)NCC(C)C. The van der Waals surface area contributed by atoms with Crippen LogP contribution in [0.5, 0.6) is 11.5 Å². The van der Waals surface area contributed by atoms with Crippen molar-refractivity contribution < 1.29 is 9.47 Å². The highest BCUT2D eigenvalue weighted by atomic mass is 16.7. The molecule has 1 aliphatic heterocycles. The summed E-state index contributed by atoms with van der Waals surface area (Å²) < 4.78 is 10.6. The lowest BCUT2D eigenvalue weighted by Crippen LogP contribution is -2.38. The van der Waals surface area contributed by atoms with Gasteiger partial charge in [0.05, 0.1) is 0 Å². The third-order valence-corrected chi connectivity index (χ3v) is 2.80. The first kappa shape index (κ1) is 13.5. The number of ether oxygens (including phenoxy) is 2. The minimum atomic E-state index is 0.309. The highest BCUT2D eigenvalue weighted by molar-refractivity contribution is 5.79. The van der Waals surface area contributed by atoms with Crippen LogP contribution in [0.15, 0.2) is 23.2 Å². The molecule has 2 N–H and O–H groups in total. The van der Waals surface area contributed by atoms with Gasteiger partial charge in [0.2, 0.25) is 6.79 Å². The van der Waals surface area contributed by atoms with E-state index in [1.807, 2.05) is 18.2 Å². The van der Waals surface area contributed by atoms with Gasteiger partial charge < -0.3 is 20.1 Å². The zero-order valence-corrected chi connectivity index (χ0v) is 11.7. The van der Waals surface area contributed by atoms with E-state index in [0.717, 1.165) is 29.6 Å². The second-order valence-corrected chi connectivity index (χ2v) is 4.89. The molecule has 5 nitrogen and oxygen atoms in total. The molecule has 104 valence electrons. The molecule has 19 heavy (non-hydrogen) atoms. The number of aliphatic imine (C=N–C) groups is 1. The fourth-order valence-electron chi connectivity index (χ4n) is 1.76. The fraction of sp³-hybridized carbons (Fsp3) is 0.500. The molecular weight excluding hydrogens is 242 g/mol. The van der Waals surface area contributed by atoms with E-state index in [-0.39, 0.29) is 0 Å². The highest BCUT2D eigenvalue weighted by Gasteiger charge is 2.13. The third-order valence-electron chi connectivity index (χ3n) is 2.80. The Bertz CT molecular complexity index is 458. The van der Waals surface area contributed by atoms with E-state index >= 15 is 0 Å².